The van der Waals surface area contributed by atoms with Gasteiger partial charge >= 0.3 is 0 Å². The molecule has 4 nitrogen and oxygen atoms in total. The predicted molar refractivity (Wildman–Crippen MR) is 78.2 cm³/mol. The minimum Gasteiger partial charge on any atom is -0.342 e. The normalized spacial score (nSPS) is 23.1. The molecule has 0 aliphatic carbocycles. The first-order chi connectivity index (χ1) is 9.40. The second-order valence-corrected chi connectivity index (χ2v) is 5.94. The van der Waals surface area contributed by atoms with Gasteiger partial charge in [-0.25, -0.2) is 0 Å². The summed E-state index contributed by atoms with van der Waals surface area (Å²) in [6, 6.07) is 6.43. The number of nitrogens with zero attached hydrogens (tertiary/aromatic N) is 1. The summed E-state index contributed by atoms with van der Waals surface area (Å²) in [5, 5.41) is 3.45. The van der Waals surface area contributed by atoms with Gasteiger partial charge in [0.1, 0.15) is 12.1 Å². The van der Waals surface area contributed by atoms with Gasteiger partial charge in [-0.1, -0.05) is 37.6 Å². The minimum absolute atomic E-state index is 0.0259. The van der Waals surface area contributed by atoms with E-state index >= 15 is 0 Å². The first-order valence-electron chi connectivity index (χ1n) is 6.75. The molecule has 0 radical (unpaired) electrons. The van der Waals surface area contributed by atoms with Crippen LogP contribution in [0.3, 0.4) is 0 Å². The average molecular weight is 295 g/mol. The van der Waals surface area contributed by atoms with Crippen molar-refractivity contribution in [2.45, 2.75) is 39.4 Å². The molecule has 1 N–H and O–H groups in total. The van der Waals surface area contributed by atoms with Gasteiger partial charge in [-0.3, -0.25) is 9.59 Å². The van der Waals surface area contributed by atoms with E-state index in [9.17, 15) is 9.59 Å². The topological polar surface area (TPSA) is 49.4 Å². The molecule has 0 saturated carbocycles. The molecule has 1 heterocycles. The van der Waals surface area contributed by atoms with Crippen LogP contribution in [0.25, 0.3) is 0 Å². The molecule has 1 fully saturated rings. The Morgan fingerprint density at radius 1 is 1.25 bits per heavy atom. The maximum atomic E-state index is 12.5. The lowest BCUT2D eigenvalue weighted by Gasteiger charge is -2.38. The van der Waals surface area contributed by atoms with Crippen LogP contribution in [0, 0.1) is 5.92 Å². The highest BCUT2D eigenvalue weighted by molar-refractivity contribution is 6.30. The van der Waals surface area contributed by atoms with Crippen molar-refractivity contribution in [3.63, 3.8) is 0 Å². The van der Waals surface area contributed by atoms with Crippen LogP contribution < -0.4 is 5.32 Å². The van der Waals surface area contributed by atoms with Crippen LogP contribution in [0.4, 0.5) is 0 Å². The summed E-state index contributed by atoms with van der Waals surface area (Å²) in [6.07, 6.45) is 0. The highest BCUT2D eigenvalue weighted by Crippen LogP contribution is 2.19. The Labute approximate surface area is 124 Å². The molecular formula is C15H19ClN2O2. The Balaban J connectivity index is 2.20. The highest BCUT2D eigenvalue weighted by atomic mass is 35.5. The first kappa shape index (κ1) is 14.9. The van der Waals surface area contributed by atoms with E-state index in [0.29, 0.717) is 11.6 Å². The molecule has 1 aromatic carbocycles. The van der Waals surface area contributed by atoms with Crippen LogP contribution in [-0.4, -0.2) is 28.8 Å². The molecule has 2 amide bonds. The van der Waals surface area contributed by atoms with Crippen molar-refractivity contribution in [1.29, 1.82) is 0 Å². The molecule has 2 atom stereocenters. The number of hydrogen-bond acceptors (Lipinski definition) is 2. The zero-order valence-corrected chi connectivity index (χ0v) is 12.6. The summed E-state index contributed by atoms with van der Waals surface area (Å²) in [7, 11) is 0. The lowest BCUT2D eigenvalue weighted by Crippen LogP contribution is -2.63. The van der Waals surface area contributed by atoms with E-state index in [-0.39, 0.29) is 17.7 Å². The van der Waals surface area contributed by atoms with Gasteiger partial charge in [0.25, 0.3) is 0 Å². The summed E-state index contributed by atoms with van der Waals surface area (Å²) in [5.41, 5.74) is 0.965. The SMILES string of the molecule is CC(C)C1NC(=O)C(C)N(Cc2ccc(Cl)cc2)C1=O. The first-order valence-corrected chi connectivity index (χ1v) is 7.13. The number of amides is 2. The number of rotatable bonds is 3. The number of hydrogen-bond donors (Lipinski definition) is 1. The quantitative estimate of drug-likeness (QED) is 0.929. The van der Waals surface area contributed by atoms with Crippen LogP contribution in [0.5, 0.6) is 0 Å². The van der Waals surface area contributed by atoms with Gasteiger partial charge in [0.05, 0.1) is 0 Å². The summed E-state index contributed by atoms with van der Waals surface area (Å²) in [4.78, 5) is 26.1. The van der Waals surface area contributed by atoms with Crippen molar-refractivity contribution in [1.82, 2.24) is 10.2 Å². The molecule has 20 heavy (non-hydrogen) atoms. The molecule has 0 spiro atoms. The largest absolute Gasteiger partial charge is 0.342 e. The molecule has 1 saturated heterocycles. The van der Waals surface area contributed by atoms with E-state index in [2.05, 4.69) is 5.32 Å². The van der Waals surface area contributed by atoms with E-state index in [1.54, 1.807) is 24.0 Å². The molecule has 108 valence electrons. The Morgan fingerprint density at radius 2 is 1.85 bits per heavy atom. The van der Waals surface area contributed by atoms with E-state index in [1.807, 2.05) is 26.0 Å². The third-order valence-corrected chi connectivity index (χ3v) is 3.88. The van der Waals surface area contributed by atoms with Gasteiger partial charge < -0.3 is 10.2 Å². The number of carbonyl (C=O) groups excluding carboxylic acids is 2. The van der Waals surface area contributed by atoms with Crippen molar-refractivity contribution in [3.05, 3.63) is 34.9 Å². The van der Waals surface area contributed by atoms with Crippen molar-refractivity contribution in [2.75, 3.05) is 0 Å². The molecule has 1 aliphatic heterocycles. The van der Waals surface area contributed by atoms with Gasteiger partial charge in [-0.05, 0) is 30.5 Å². The van der Waals surface area contributed by atoms with E-state index in [4.69, 9.17) is 11.6 Å². The number of halogens is 1. The van der Waals surface area contributed by atoms with Crippen molar-refractivity contribution < 1.29 is 9.59 Å². The van der Waals surface area contributed by atoms with E-state index in [0.717, 1.165) is 5.56 Å². The molecule has 0 bridgehead atoms. The Hall–Kier alpha value is -1.55. The molecule has 1 aliphatic rings. The minimum atomic E-state index is -0.451. The second-order valence-electron chi connectivity index (χ2n) is 5.50. The van der Waals surface area contributed by atoms with Crippen molar-refractivity contribution >= 4 is 23.4 Å². The van der Waals surface area contributed by atoms with Gasteiger partial charge in [-0.2, -0.15) is 0 Å². The Bertz CT molecular complexity index is 513. The molecule has 0 aromatic heterocycles. The summed E-state index contributed by atoms with van der Waals surface area (Å²) in [6.45, 7) is 6.03. The number of piperazine rings is 1. The van der Waals surface area contributed by atoms with Crippen molar-refractivity contribution in [2.24, 2.45) is 5.92 Å². The summed E-state index contributed by atoms with van der Waals surface area (Å²) < 4.78 is 0. The summed E-state index contributed by atoms with van der Waals surface area (Å²) >= 11 is 5.86. The van der Waals surface area contributed by atoms with Crippen LogP contribution in [0.15, 0.2) is 24.3 Å². The number of nitrogens with one attached hydrogen (secondary N) is 1. The molecule has 2 unspecified atom stereocenters. The molecule has 2 rings (SSSR count). The standard InChI is InChI=1S/C15H19ClN2O2/c1-9(2)13-15(20)18(10(3)14(19)17-13)8-11-4-6-12(16)7-5-11/h4-7,9-10,13H,8H2,1-3H3,(H,17,19). The third-order valence-electron chi connectivity index (χ3n) is 3.63. The lowest BCUT2D eigenvalue weighted by atomic mass is 9.98. The Kier molecular flexibility index (Phi) is 4.33. The van der Waals surface area contributed by atoms with Gasteiger partial charge in [0.2, 0.25) is 11.8 Å². The highest BCUT2D eigenvalue weighted by Gasteiger charge is 2.39. The zero-order chi connectivity index (χ0) is 14.9. The fourth-order valence-corrected chi connectivity index (χ4v) is 2.43. The van der Waals surface area contributed by atoms with Crippen LogP contribution in [0.2, 0.25) is 5.02 Å². The van der Waals surface area contributed by atoms with Crippen LogP contribution in [0.1, 0.15) is 26.3 Å². The van der Waals surface area contributed by atoms with Crippen LogP contribution >= 0.6 is 11.6 Å². The smallest absolute Gasteiger partial charge is 0.246 e. The number of benzene rings is 1. The molecule has 1 aromatic rings. The zero-order valence-electron chi connectivity index (χ0n) is 11.9. The fraction of sp³-hybridized carbons (Fsp3) is 0.467. The Morgan fingerprint density at radius 3 is 2.40 bits per heavy atom. The lowest BCUT2D eigenvalue weighted by molar-refractivity contribution is -0.150. The van der Waals surface area contributed by atoms with Crippen LogP contribution in [-0.2, 0) is 16.1 Å². The van der Waals surface area contributed by atoms with Crippen molar-refractivity contribution in [3.8, 4) is 0 Å². The third kappa shape index (κ3) is 2.96. The van der Waals surface area contributed by atoms with E-state index < -0.39 is 12.1 Å². The molecular weight excluding hydrogens is 276 g/mol. The molecule has 5 heteroatoms. The van der Waals surface area contributed by atoms with Gasteiger partial charge in [0, 0.05) is 11.6 Å². The summed E-state index contributed by atoms with van der Waals surface area (Å²) in [5.74, 6) is -0.0500. The number of carbonyl (C=O) groups is 2. The fourth-order valence-electron chi connectivity index (χ4n) is 2.30. The maximum Gasteiger partial charge on any atom is 0.246 e. The monoisotopic (exact) mass is 294 g/mol. The predicted octanol–water partition coefficient (Wildman–Crippen LogP) is 2.21. The second kappa shape index (κ2) is 5.83. The maximum absolute atomic E-state index is 12.5. The van der Waals surface area contributed by atoms with Gasteiger partial charge in [0.15, 0.2) is 0 Å². The average Bonchev–Trinajstić information content (AvgIpc) is 2.40. The van der Waals surface area contributed by atoms with E-state index in [1.165, 1.54) is 0 Å². The van der Waals surface area contributed by atoms with Gasteiger partial charge in [-0.15, -0.1) is 0 Å².